The lowest BCUT2D eigenvalue weighted by molar-refractivity contribution is -0.0313. The molecule has 1 aliphatic rings. The van der Waals surface area contributed by atoms with Gasteiger partial charge in [0.05, 0.1) is 0 Å². The molecule has 0 bridgehead atoms. The zero-order valence-corrected chi connectivity index (χ0v) is 8.56. The summed E-state index contributed by atoms with van der Waals surface area (Å²) in [4.78, 5) is 0. The quantitative estimate of drug-likeness (QED) is 0.815. The van der Waals surface area contributed by atoms with E-state index in [1.54, 1.807) is 6.26 Å². The number of ether oxygens (including phenoxy) is 2. The minimum Gasteiger partial charge on any atom is -0.459 e. The lowest BCUT2D eigenvalue weighted by Crippen LogP contribution is -2.12. The monoisotopic (exact) mass is 205 g/mol. The molecule has 15 heavy (non-hydrogen) atoms. The lowest BCUT2D eigenvalue weighted by atomic mass is 10.1. The summed E-state index contributed by atoms with van der Waals surface area (Å²) >= 11 is 0. The maximum absolute atomic E-state index is 5.56. The molecule has 2 N–H and O–H groups in total. The van der Waals surface area contributed by atoms with E-state index in [0.717, 1.165) is 18.6 Å². The van der Waals surface area contributed by atoms with Crippen molar-refractivity contribution in [1.29, 1.82) is 0 Å². The second-order valence-electron chi connectivity index (χ2n) is 3.50. The molecule has 0 fully saturated rings. The number of hydrogen-bond donors (Lipinski definition) is 1. The van der Waals surface area contributed by atoms with E-state index in [4.69, 9.17) is 15.2 Å². The highest BCUT2D eigenvalue weighted by molar-refractivity contribution is 5.15. The highest BCUT2D eigenvalue weighted by Crippen LogP contribution is 2.19. The molecule has 1 heterocycles. The predicted octanol–water partition coefficient (Wildman–Crippen LogP) is 1.79. The van der Waals surface area contributed by atoms with Gasteiger partial charge in [-0.15, -0.1) is 0 Å². The van der Waals surface area contributed by atoms with Gasteiger partial charge in [-0.3, -0.25) is 0 Å². The van der Waals surface area contributed by atoms with Gasteiger partial charge in [-0.05, 0) is 12.1 Å². The van der Waals surface area contributed by atoms with Crippen LogP contribution in [-0.4, -0.2) is 12.8 Å². The van der Waals surface area contributed by atoms with E-state index in [-0.39, 0.29) is 6.29 Å². The molecule has 80 valence electrons. The van der Waals surface area contributed by atoms with E-state index >= 15 is 0 Å². The van der Waals surface area contributed by atoms with Crippen LogP contribution < -0.4 is 5.73 Å². The van der Waals surface area contributed by atoms with Gasteiger partial charge >= 0.3 is 0 Å². The minimum atomic E-state index is -0.186. The Kier molecular flexibility index (Phi) is 3.25. The third kappa shape index (κ3) is 2.73. The number of benzene rings is 1. The van der Waals surface area contributed by atoms with E-state index in [0.29, 0.717) is 6.54 Å². The largest absolute Gasteiger partial charge is 0.459 e. The molecular formula is C12H15NO2. The first-order valence-corrected chi connectivity index (χ1v) is 5.13. The third-order valence-electron chi connectivity index (χ3n) is 2.27. The molecule has 1 aliphatic heterocycles. The lowest BCUT2D eigenvalue weighted by Gasteiger charge is -2.11. The fourth-order valence-electron chi connectivity index (χ4n) is 1.53. The van der Waals surface area contributed by atoms with Gasteiger partial charge in [-0.25, -0.2) is 0 Å². The average Bonchev–Trinajstić information content (AvgIpc) is 2.68. The summed E-state index contributed by atoms with van der Waals surface area (Å²) in [5, 5.41) is 0. The summed E-state index contributed by atoms with van der Waals surface area (Å²) in [6.45, 7) is 0.591. The van der Waals surface area contributed by atoms with E-state index in [1.807, 2.05) is 18.2 Å². The van der Waals surface area contributed by atoms with Gasteiger partial charge in [-0.2, -0.15) is 0 Å². The van der Waals surface area contributed by atoms with Crippen molar-refractivity contribution in [2.75, 3.05) is 6.54 Å². The summed E-state index contributed by atoms with van der Waals surface area (Å²) in [6.07, 6.45) is 2.99. The zero-order valence-electron chi connectivity index (χ0n) is 8.56. The van der Waals surface area contributed by atoms with E-state index in [9.17, 15) is 0 Å². The fourth-order valence-corrected chi connectivity index (χ4v) is 1.53. The van der Waals surface area contributed by atoms with Crippen LogP contribution in [0, 0.1) is 0 Å². The van der Waals surface area contributed by atoms with Crippen LogP contribution in [0.25, 0.3) is 0 Å². The Balaban J connectivity index is 1.84. The minimum absolute atomic E-state index is 0.186. The van der Waals surface area contributed by atoms with E-state index < -0.39 is 0 Å². The molecule has 1 unspecified atom stereocenters. The Labute approximate surface area is 89.5 Å². The Morgan fingerprint density at radius 3 is 2.73 bits per heavy atom. The molecule has 3 heteroatoms. The molecule has 0 amide bonds. The van der Waals surface area contributed by atoms with Gasteiger partial charge < -0.3 is 15.2 Å². The fraction of sp³-hybridized carbons (Fsp3) is 0.333. The van der Waals surface area contributed by atoms with Crippen LogP contribution in [0.4, 0.5) is 0 Å². The average molecular weight is 205 g/mol. The molecule has 3 nitrogen and oxygen atoms in total. The van der Waals surface area contributed by atoms with Crippen LogP contribution in [0.1, 0.15) is 12.0 Å². The maximum atomic E-state index is 5.56. The van der Waals surface area contributed by atoms with Crippen LogP contribution in [0.5, 0.6) is 0 Å². The first kappa shape index (κ1) is 10.1. The molecule has 0 aliphatic carbocycles. The van der Waals surface area contributed by atoms with Crippen molar-refractivity contribution in [2.24, 2.45) is 5.73 Å². The van der Waals surface area contributed by atoms with Crippen LogP contribution in [-0.2, 0) is 15.9 Å². The second-order valence-corrected chi connectivity index (χ2v) is 3.50. The highest BCUT2D eigenvalue weighted by atomic mass is 16.7. The summed E-state index contributed by atoms with van der Waals surface area (Å²) in [6, 6.07) is 10.1. The second kappa shape index (κ2) is 4.84. The summed E-state index contributed by atoms with van der Waals surface area (Å²) in [7, 11) is 0. The van der Waals surface area contributed by atoms with Crippen LogP contribution in [0.15, 0.2) is 42.4 Å². The van der Waals surface area contributed by atoms with Crippen molar-refractivity contribution in [3.8, 4) is 0 Å². The molecule has 0 saturated heterocycles. The van der Waals surface area contributed by atoms with Gasteiger partial charge in [0.1, 0.15) is 12.0 Å². The molecule has 0 aromatic heterocycles. The van der Waals surface area contributed by atoms with Crippen molar-refractivity contribution >= 4 is 0 Å². The Morgan fingerprint density at radius 2 is 2.00 bits per heavy atom. The molecular weight excluding hydrogens is 190 g/mol. The number of nitrogens with two attached hydrogens (primary N) is 1. The normalized spacial score (nSPS) is 19.3. The zero-order chi connectivity index (χ0) is 10.5. The van der Waals surface area contributed by atoms with Gasteiger partial charge in [0.15, 0.2) is 0 Å². The SMILES string of the molecule is NCCC1=COC(Cc2ccccc2)O1. The molecule has 1 aromatic carbocycles. The first-order valence-electron chi connectivity index (χ1n) is 5.13. The first-order chi connectivity index (χ1) is 7.38. The third-order valence-corrected chi connectivity index (χ3v) is 2.27. The Hall–Kier alpha value is -1.48. The summed E-state index contributed by atoms with van der Waals surface area (Å²) < 4.78 is 10.9. The van der Waals surface area contributed by atoms with E-state index in [2.05, 4.69) is 12.1 Å². The van der Waals surface area contributed by atoms with Crippen LogP contribution >= 0.6 is 0 Å². The van der Waals surface area contributed by atoms with Crippen molar-refractivity contribution in [2.45, 2.75) is 19.1 Å². The smallest absolute Gasteiger partial charge is 0.244 e. The topological polar surface area (TPSA) is 44.5 Å². The summed E-state index contributed by atoms with van der Waals surface area (Å²) in [5.41, 5.74) is 6.64. The predicted molar refractivity (Wildman–Crippen MR) is 57.9 cm³/mol. The van der Waals surface area contributed by atoms with E-state index in [1.165, 1.54) is 5.56 Å². The number of rotatable bonds is 4. The maximum Gasteiger partial charge on any atom is 0.244 e. The van der Waals surface area contributed by atoms with Crippen molar-refractivity contribution in [3.05, 3.63) is 47.9 Å². The van der Waals surface area contributed by atoms with Gasteiger partial charge in [0.25, 0.3) is 0 Å². The van der Waals surface area contributed by atoms with Crippen molar-refractivity contribution in [3.63, 3.8) is 0 Å². The molecule has 1 atom stereocenters. The molecule has 1 aromatic rings. The Bertz CT molecular complexity index is 335. The molecule has 0 radical (unpaired) electrons. The van der Waals surface area contributed by atoms with Crippen LogP contribution in [0.3, 0.4) is 0 Å². The summed E-state index contributed by atoms with van der Waals surface area (Å²) in [5.74, 6) is 0.846. The van der Waals surface area contributed by atoms with Gasteiger partial charge in [0, 0.05) is 12.8 Å². The number of hydrogen-bond acceptors (Lipinski definition) is 3. The standard InChI is InChI=1S/C12H15NO2/c13-7-6-11-9-14-12(15-11)8-10-4-2-1-3-5-10/h1-5,9,12H,6-8,13H2. The highest BCUT2D eigenvalue weighted by Gasteiger charge is 2.18. The van der Waals surface area contributed by atoms with Gasteiger partial charge in [-0.1, -0.05) is 30.3 Å². The van der Waals surface area contributed by atoms with Crippen LogP contribution in [0.2, 0.25) is 0 Å². The Morgan fingerprint density at radius 1 is 1.20 bits per heavy atom. The van der Waals surface area contributed by atoms with Crippen molar-refractivity contribution in [1.82, 2.24) is 0 Å². The van der Waals surface area contributed by atoms with Gasteiger partial charge in [0.2, 0.25) is 6.29 Å². The van der Waals surface area contributed by atoms with Crippen molar-refractivity contribution < 1.29 is 9.47 Å². The molecule has 0 saturated carbocycles. The molecule has 0 spiro atoms. The molecule has 2 rings (SSSR count).